The maximum Gasteiger partial charge on any atom is 0.0970 e. The Labute approximate surface area is 126 Å². The first-order valence-corrected chi connectivity index (χ1v) is 8.28. The van der Waals surface area contributed by atoms with E-state index in [2.05, 4.69) is 20.7 Å². The molecule has 0 bridgehead atoms. The van der Waals surface area contributed by atoms with Gasteiger partial charge in [0.1, 0.15) is 0 Å². The molecule has 0 saturated heterocycles. The summed E-state index contributed by atoms with van der Waals surface area (Å²) in [6.45, 7) is 6.41. The van der Waals surface area contributed by atoms with Gasteiger partial charge in [-0.1, -0.05) is 34.1 Å². The van der Waals surface area contributed by atoms with Crippen molar-refractivity contribution in [2.24, 2.45) is 5.92 Å². The summed E-state index contributed by atoms with van der Waals surface area (Å²) in [6, 6.07) is 7.97. The van der Waals surface area contributed by atoms with Crippen molar-refractivity contribution in [2.75, 3.05) is 13.2 Å². The second-order valence-corrected chi connectivity index (χ2v) is 8.48. The Hall–Kier alpha value is -0.230. The molecule has 108 valence electrons. The molecule has 1 aromatic rings. The summed E-state index contributed by atoms with van der Waals surface area (Å²) in [4.78, 5) is 0. The molecule has 0 aliphatic carbocycles. The molecule has 2 atom stereocenters. The van der Waals surface area contributed by atoms with Gasteiger partial charge in [-0.3, -0.25) is 0 Å². The van der Waals surface area contributed by atoms with E-state index in [9.17, 15) is 9.32 Å². The van der Waals surface area contributed by atoms with Gasteiger partial charge in [-0.15, -0.1) is 0 Å². The minimum atomic E-state index is -1.10. The highest BCUT2D eigenvalue weighted by atomic mass is 79.9. The fraction of sp³-hybridized carbons (Fsp3) is 0.571. The summed E-state index contributed by atoms with van der Waals surface area (Å²) in [5, 5.41) is 9.44. The Morgan fingerprint density at radius 1 is 1.37 bits per heavy atom. The molecule has 2 unspecified atom stereocenters. The van der Waals surface area contributed by atoms with Gasteiger partial charge in [-0.2, -0.15) is 0 Å². The van der Waals surface area contributed by atoms with Crippen LogP contribution in [0.15, 0.2) is 28.7 Å². The van der Waals surface area contributed by atoms with Crippen LogP contribution < -0.4 is 4.72 Å². The van der Waals surface area contributed by atoms with E-state index in [-0.39, 0.29) is 17.3 Å². The fourth-order valence-corrected chi connectivity index (χ4v) is 2.85. The van der Waals surface area contributed by atoms with Crippen molar-refractivity contribution in [1.29, 1.82) is 0 Å². The standard InChI is InChI=1S/C14H22BrNO2S/c1-14(2,3)19(18)16-9-11(10-17)8-12-6-4-5-7-13(12)15/h4-7,11,16-17H,8-10H2,1-3H3. The van der Waals surface area contributed by atoms with Crippen molar-refractivity contribution in [2.45, 2.75) is 31.9 Å². The molecule has 0 aliphatic heterocycles. The highest BCUT2D eigenvalue weighted by Crippen LogP contribution is 2.19. The van der Waals surface area contributed by atoms with E-state index in [0.717, 1.165) is 16.5 Å². The van der Waals surface area contributed by atoms with Crippen LogP contribution in [0.25, 0.3) is 0 Å². The Kier molecular flexibility index (Phi) is 6.66. The van der Waals surface area contributed by atoms with Crippen molar-refractivity contribution < 1.29 is 9.32 Å². The van der Waals surface area contributed by atoms with Gasteiger partial charge in [-0.05, 0) is 44.7 Å². The minimum Gasteiger partial charge on any atom is -0.396 e. The first-order chi connectivity index (χ1) is 8.84. The van der Waals surface area contributed by atoms with Gasteiger partial charge in [0, 0.05) is 17.6 Å². The van der Waals surface area contributed by atoms with E-state index in [1.807, 2.05) is 45.0 Å². The lowest BCUT2D eigenvalue weighted by molar-refractivity contribution is 0.227. The molecule has 0 radical (unpaired) electrons. The topological polar surface area (TPSA) is 49.3 Å². The number of benzene rings is 1. The lowest BCUT2D eigenvalue weighted by Gasteiger charge is -2.21. The van der Waals surface area contributed by atoms with E-state index < -0.39 is 11.0 Å². The van der Waals surface area contributed by atoms with Gasteiger partial charge in [0.05, 0.1) is 15.7 Å². The largest absolute Gasteiger partial charge is 0.396 e. The predicted molar refractivity (Wildman–Crippen MR) is 84.3 cm³/mol. The second-order valence-electron chi connectivity index (χ2n) is 5.57. The smallest absolute Gasteiger partial charge is 0.0970 e. The van der Waals surface area contributed by atoms with E-state index in [1.54, 1.807) is 0 Å². The number of rotatable bonds is 6. The van der Waals surface area contributed by atoms with Crippen LogP contribution in [-0.4, -0.2) is 27.2 Å². The summed E-state index contributed by atoms with van der Waals surface area (Å²) >= 11 is 3.50. The second kappa shape index (κ2) is 7.53. The highest BCUT2D eigenvalue weighted by molar-refractivity contribution is 9.10. The lowest BCUT2D eigenvalue weighted by atomic mass is 10.0. The number of hydrogen-bond acceptors (Lipinski definition) is 2. The van der Waals surface area contributed by atoms with Crippen LogP contribution in [0, 0.1) is 5.92 Å². The molecule has 0 aliphatic rings. The number of aliphatic hydroxyl groups is 1. The Morgan fingerprint density at radius 3 is 2.53 bits per heavy atom. The van der Waals surface area contributed by atoms with Crippen LogP contribution in [0.4, 0.5) is 0 Å². The van der Waals surface area contributed by atoms with Crippen LogP contribution in [0.3, 0.4) is 0 Å². The van der Waals surface area contributed by atoms with Gasteiger partial charge in [-0.25, -0.2) is 8.93 Å². The fourth-order valence-electron chi connectivity index (χ4n) is 1.59. The molecule has 0 saturated carbocycles. The van der Waals surface area contributed by atoms with Gasteiger partial charge < -0.3 is 5.11 Å². The molecule has 1 aromatic carbocycles. The van der Waals surface area contributed by atoms with Crippen LogP contribution in [0.2, 0.25) is 0 Å². The van der Waals surface area contributed by atoms with Gasteiger partial charge in [0.25, 0.3) is 0 Å². The zero-order valence-corrected chi connectivity index (χ0v) is 14.1. The third-order valence-corrected chi connectivity index (χ3v) is 5.10. The predicted octanol–water partition coefficient (Wildman–Crippen LogP) is 2.65. The molecule has 0 aromatic heterocycles. The lowest BCUT2D eigenvalue weighted by Crippen LogP contribution is -2.37. The Bertz CT molecular complexity index is 432. The van der Waals surface area contributed by atoms with Crippen LogP contribution >= 0.6 is 15.9 Å². The third kappa shape index (κ3) is 5.73. The number of aliphatic hydroxyl groups excluding tert-OH is 1. The molecular formula is C14H22BrNO2S. The Balaban J connectivity index is 2.56. The van der Waals surface area contributed by atoms with Gasteiger partial charge in [0.15, 0.2) is 0 Å². The molecule has 0 amide bonds. The van der Waals surface area contributed by atoms with Crippen molar-refractivity contribution in [1.82, 2.24) is 4.72 Å². The van der Waals surface area contributed by atoms with Crippen LogP contribution in [0.5, 0.6) is 0 Å². The van der Waals surface area contributed by atoms with Crippen LogP contribution in [0.1, 0.15) is 26.3 Å². The number of halogens is 1. The van der Waals surface area contributed by atoms with E-state index >= 15 is 0 Å². The molecule has 19 heavy (non-hydrogen) atoms. The molecule has 5 heteroatoms. The van der Waals surface area contributed by atoms with Crippen molar-refractivity contribution in [3.8, 4) is 0 Å². The first kappa shape index (κ1) is 16.8. The van der Waals surface area contributed by atoms with Crippen molar-refractivity contribution >= 4 is 26.9 Å². The third-order valence-electron chi connectivity index (χ3n) is 2.78. The maximum atomic E-state index is 11.9. The van der Waals surface area contributed by atoms with Crippen molar-refractivity contribution in [3.05, 3.63) is 34.3 Å². The van der Waals surface area contributed by atoms with Crippen molar-refractivity contribution in [3.63, 3.8) is 0 Å². The number of hydrogen-bond donors (Lipinski definition) is 2. The number of nitrogens with one attached hydrogen (secondary N) is 1. The van der Waals surface area contributed by atoms with Gasteiger partial charge in [0.2, 0.25) is 0 Å². The minimum absolute atomic E-state index is 0.0602. The first-order valence-electron chi connectivity index (χ1n) is 6.34. The molecule has 2 N–H and O–H groups in total. The molecule has 0 spiro atoms. The monoisotopic (exact) mass is 347 g/mol. The van der Waals surface area contributed by atoms with E-state index in [4.69, 9.17) is 0 Å². The van der Waals surface area contributed by atoms with E-state index in [0.29, 0.717) is 6.54 Å². The SMILES string of the molecule is CC(C)(C)S(=O)NCC(CO)Cc1ccccc1Br. The average Bonchev–Trinajstić information content (AvgIpc) is 2.35. The normalized spacial score (nSPS) is 15.2. The molecule has 0 heterocycles. The molecule has 0 fully saturated rings. The zero-order valence-electron chi connectivity index (χ0n) is 11.6. The average molecular weight is 348 g/mol. The quantitative estimate of drug-likeness (QED) is 0.830. The van der Waals surface area contributed by atoms with Gasteiger partial charge >= 0.3 is 0 Å². The molecule has 1 rings (SSSR count). The van der Waals surface area contributed by atoms with Crippen LogP contribution in [-0.2, 0) is 17.4 Å². The summed E-state index contributed by atoms with van der Waals surface area (Å²) in [5.41, 5.74) is 1.16. The summed E-state index contributed by atoms with van der Waals surface area (Å²) in [6.07, 6.45) is 0.756. The summed E-state index contributed by atoms with van der Waals surface area (Å²) < 4.78 is 15.7. The van der Waals surface area contributed by atoms with E-state index in [1.165, 1.54) is 0 Å². The highest BCUT2D eigenvalue weighted by Gasteiger charge is 2.20. The summed E-state index contributed by atoms with van der Waals surface area (Å²) in [7, 11) is -1.10. The Morgan fingerprint density at radius 2 is 2.00 bits per heavy atom. The maximum absolute atomic E-state index is 11.9. The zero-order chi connectivity index (χ0) is 14.5. The molecule has 3 nitrogen and oxygen atoms in total. The molecular weight excluding hydrogens is 326 g/mol. The summed E-state index contributed by atoms with van der Waals surface area (Å²) in [5.74, 6) is 0.0602.